The highest BCUT2D eigenvalue weighted by Crippen LogP contribution is 2.27. The molecular weight excluding hydrogens is 264 g/mol. The van der Waals surface area contributed by atoms with Gasteiger partial charge < -0.3 is 4.74 Å². The number of benzene rings is 1. The van der Waals surface area contributed by atoms with Crippen molar-refractivity contribution >= 4 is 11.5 Å². The molecule has 0 bridgehead atoms. The smallest absolute Gasteiger partial charge is 0.330 e. The van der Waals surface area contributed by atoms with Crippen molar-refractivity contribution in [2.24, 2.45) is 7.05 Å². The number of allylic oxidation sites excluding steroid dienone is 1. The highest BCUT2D eigenvalue weighted by atomic mass is 16.5. The van der Waals surface area contributed by atoms with Gasteiger partial charge in [-0.15, -0.1) is 0 Å². The summed E-state index contributed by atoms with van der Waals surface area (Å²) in [6, 6.07) is 8.13. The molecule has 2 aromatic rings. The predicted molar refractivity (Wildman–Crippen MR) is 83.8 cm³/mol. The molecule has 0 unspecified atom stereocenters. The minimum Gasteiger partial charge on any atom is -0.466 e. The first kappa shape index (κ1) is 15.0. The zero-order valence-corrected chi connectivity index (χ0v) is 13.1. The van der Waals surface area contributed by atoms with Gasteiger partial charge in [0.1, 0.15) is 0 Å². The molecule has 2 rings (SSSR count). The molecule has 0 saturated heterocycles. The van der Waals surface area contributed by atoms with Gasteiger partial charge in [-0.1, -0.05) is 24.3 Å². The average Bonchev–Trinajstić information content (AvgIpc) is 2.72. The van der Waals surface area contributed by atoms with Gasteiger partial charge in [-0.3, -0.25) is 4.68 Å². The lowest BCUT2D eigenvalue weighted by Gasteiger charge is -2.05. The lowest BCUT2D eigenvalue weighted by Crippen LogP contribution is -1.95. The maximum atomic E-state index is 11.3. The SMILES string of the molecule is COC(=O)/C=C(\C)c1ccc(-c2c(C)nn(C)c2C)cc1. The van der Waals surface area contributed by atoms with Gasteiger partial charge in [-0.25, -0.2) is 4.79 Å². The van der Waals surface area contributed by atoms with Gasteiger partial charge in [0.05, 0.1) is 12.8 Å². The van der Waals surface area contributed by atoms with E-state index < -0.39 is 0 Å². The Morgan fingerprint density at radius 3 is 2.33 bits per heavy atom. The van der Waals surface area contributed by atoms with E-state index in [4.69, 9.17) is 0 Å². The van der Waals surface area contributed by atoms with Crippen molar-refractivity contribution in [2.75, 3.05) is 7.11 Å². The largest absolute Gasteiger partial charge is 0.466 e. The first-order chi connectivity index (χ1) is 9.93. The van der Waals surface area contributed by atoms with Crippen LogP contribution in [0.5, 0.6) is 0 Å². The molecule has 1 aromatic carbocycles. The summed E-state index contributed by atoms with van der Waals surface area (Å²) in [6.45, 7) is 5.97. The van der Waals surface area contributed by atoms with Crippen LogP contribution in [0, 0.1) is 13.8 Å². The summed E-state index contributed by atoms with van der Waals surface area (Å²) in [5.41, 5.74) is 6.34. The fraction of sp³-hybridized carbons (Fsp3) is 0.294. The maximum absolute atomic E-state index is 11.3. The van der Waals surface area contributed by atoms with Crippen LogP contribution in [-0.4, -0.2) is 22.9 Å². The number of aryl methyl sites for hydroxylation is 2. The molecular formula is C17H20N2O2. The maximum Gasteiger partial charge on any atom is 0.330 e. The quantitative estimate of drug-likeness (QED) is 0.642. The van der Waals surface area contributed by atoms with Gasteiger partial charge in [-0.05, 0) is 37.5 Å². The molecule has 0 aliphatic heterocycles. The van der Waals surface area contributed by atoms with Crippen LogP contribution in [0.4, 0.5) is 0 Å². The monoisotopic (exact) mass is 284 g/mol. The summed E-state index contributed by atoms with van der Waals surface area (Å²) in [5, 5.41) is 4.44. The van der Waals surface area contributed by atoms with Gasteiger partial charge in [-0.2, -0.15) is 5.10 Å². The number of aromatic nitrogens is 2. The van der Waals surface area contributed by atoms with Gasteiger partial charge in [0.15, 0.2) is 0 Å². The second kappa shape index (κ2) is 5.95. The van der Waals surface area contributed by atoms with Crippen molar-refractivity contribution < 1.29 is 9.53 Å². The van der Waals surface area contributed by atoms with Crippen molar-refractivity contribution in [3.63, 3.8) is 0 Å². The van der Waals surface area contributed by atoms with Crippen LogP contribution in [-0.2, 0) is 16.6 Å². The molecule has 0 radical (unpaired) electrons. The molecule has 0 spiro atoms. The van der Waals surface area contributed by atoms with E-state index >= 15 is 0 Å². The predicted octanol–water partition coefficient (Wildman–Crippen LogP) is 3.28. The van der Waals surface area contributed by atoms with Gasteiger partial charge in [0.25, 0.3) is 0 Å². The van der Waals surface area contributed by atoms with Crippen molar-refractivity contribution in [3.05, 3.63) is 47.3 Å². The summed E-state index contributed by atoms with van der Waals surface area (Å²) < 4.78 is 6.53. The van der Waals surface area contributed by atoms with Gasteiger partial charge in [0, 0.05) is 24.4 Å². The van der Waals surface area contributed by atoms with Crippen LogP contribution in [0.25, 0.3) is 16.7 Å². The Balaban J connectivity index is 2.35. The molecule has 4 heteroatoms. The van der Waals surface area contributed by atoms with E-state index in [0.29, 0.717) is 0 Å². The van der Waals surface area contributed by atoms with E-state index in [2.05, 4.69) is 28.9 Å². The minimum absolute atomic E-state index is 0.337. The molecule has 1 aromatic heterocycles. The fourth-order valence-electron chi connectivity index (χ4n) is 2.41. The van der Waals surface area contributed by atoms with Gasteiger partial charge >= 0.3 is 5.97 Å². The molecule has 0 saturated carbocycles. The standard InChI is InChI=1S/C17H20N2O2/c1-11(10-16(20)21-5)14-6-8-15(9-7-14)17-12(2)18-19(4)13(17)3/h6-10H,1-5H3/b11-10+. The molecule has 110 valence electrons. The van der Waals surface area contributed by atoms with Crippen LogP contribution in [0.1, 0.15) is 23.9 Å². The van der Waals surface area contributed by atoms with Crippen molar-refractivity contribution in [3.8, 4) is 11.1 Å². The topological polar surface area (TPSA) is 44.1 Å². The number of carbonyl (C=O) groups is 1. The third-order valence-corrected chi connectivity index (χ3v) is 3.67. The summed E-state index contributed by atoms with van der Waals surface area (Å²) in [5.74, 6) is -0.337. The third kappa shape index (κ3) is 3.05. The Hall–Kier alpha value is -2.36. The van der Waals surface area contributed by atoms with Crippen LogP contribution in [0.15, 0.2) is 30.3 Å². The second-order valence-electron chi connectivity index (χ2n) is 5.10. The molecule has 0 fully saturated rings. The highest BCUT2D eigenvalue weighted by molar-refractivity contribution is 5.91. The van der Waals surface area contributed by atoms with Crippen molar-refractivity contribution in [1.82, 2.24) is 9.78 Å². The van der Waals surface area contributed by atoms with Crippen molar-refractivity contribution in [1.29, 1.82) is 0 Å². The summed E-state index contributed by atoms with van der Waals surface area (Å²) >= 11 is 0. The van der Waals surface area contributed by atoms with Crippen LogP contribution in [0.2, 0.25) is 0 Å². The van der Waals surface area contributed by atoms with E-state index in [-0.39, 0.29) is 5.97 Å². The lowest BCUT2D eigenvalue weighted by molar-refractivity contribution is -0.134. The van der Waals surface area contributed by atoms with E-state index in [0.717, 1.165) is 28.1 Å². The first-order valence-corrected chi connectivity index (χ1v) is 6.81. The van der Waals surface area contributed by atoms with Crippen LogP contribution in [0.3, 0.4) is 0 Å². The minimum atomic E-state index is -0.337. The Morgan fingerprint density at radius 2 is 1.86 bits per heavy atom. The number of esters is 1. The second-order valence-corrected chi connectivity index (χ2v) is 5.10. The molecule has 21 heavy (non-hydrogen) atoms. The Labute approximate surface area is 125 Å². The zero-order valence-electron chi connectivity index (χ0n) is 13.1. The third-order valence-electron chi connectivity index (χ3n) is 3.67. The van der Waals surface area contributed by atoms with E-state index in [1.165, 1.54) is 18.7 Å². The van der Waals surface area contributed by atoms with E-state index in [1.54, 1.807) is 0 Å². The summed E-state index contributed by atoms with van der Waals surface area (Å²) in [6.07, 6.45) is 1.50. The Morgan fingerprint density at radius 1 is 1.24 bits per heavy atom. The zero-order chi connectivity index (χ0) is 15.6. The lowest BCUT2D eigenvalue weighted by atomic mass is 10.00. The first-order valence-electron chi connectivity index (χ1n) is 6.81. The van der Waals surface area contributed by atoms with Crippen LogP contribution >= 0.6 is 0 Å². The fourth-order valence-corrected chi connectivity index (χ4v) is 2.41. The molecule has 4 nitrogen and oxygen atoms in total. The molecule has 0 atom stereocenters. The molecule has 0 aliphatic rings. The van der Waals surface area contributed by atoms with E-state index in [9.17, 15) is 4.79 Å². The van der Waals surface area contributed by atoms with Gasteiger partial charge in [0.2, 0.25) is 0 Å². The summed E-state index contributed by atoms with van der Waals surface area (Å²) in [7, 11) is 3.33. The normalized spacial score (nSPS) is 11.6. The molecule has 0 N–H and O–H groups in total. The highest BCUT2D eigenvalue weighted by Gasteiger charge is 2.11. The number of ether oxygens (including phenoxy) is 1. The average molecular weight is 284 g/mol. The summed E-state index contributed by atoms with van der Waals surface area (Å²) in [4.78, 5) is 11.3. The number of methoxy groups -OCH3 is 1. The molecule has 0 aliphatic carbocycles. The number of nitrogens with zero attached hydrogens (tertiary/aromatic N) is 2. The molecule has 0 amide bonds. The number of rotatable bonds is 3. The van der Waals surface area contributed by atoms with Crippen LogP contribution < -0.4 is 0 Å². The van der Waals surface area contributed by atoms with Crippen molar-refractivity contribution in [2.45, 2.75) is 20.8 Å². The number of hydrogen-bond donors (Lipinski definition) is 0. The Bertz CT molecular complexity index is 694. The number of carbonyl (C=O) groups excluding carboxylic acids is 1. The Kier molecular flexibility index (Phi) is 4.26. The van der Waals surface area contributed by atoms with E-state index in [1.807, 2.05) is 37.7 Å². The number of hydrogen-bond acceptors (Lipinski definition) is 3. The molecule has 1 heterocycles.